The van der Waals surface area contributed by atoms with E-state index in [1.807, 2.05) is 0 Å². The van der Waals surface area contributed by atoms with Gasteiger partial charge >= 0.3 is 0 Å². The summed E-state index contributed by atoms with van der Waals surface area (Å²) < 4.78 is 34.8. The van der Waals surface area contributed by atoms with E-state index in [0.717, 1.165) is 0 Å². The summed E-state index contributed by atoms with van der Waals surface area (Å²) in [6.45, 7) is 1.89. The Bertz CT molecular complexity index is 304. The van der Waals surface area contributed by atoms with Gasteiger partial charge in [-0.1, -0.05) is 6.92 Å². The van der Waals surface area contributed by atoms with Gasteiger partial charge in [-0.25, -0.2) is 13.1 Å². The van der Waals surface area contributed by atoms with Crippen molar-refractivity contribution in [3.63, 3.8) is 0 Å². The zero-order chi connectivity index (χ0) is 10.3. The van der Waals surface area contributed by atoms with Crippen LogP contribution >= 0.6 is 0 Å². The second-order valence-electron chi connectivity index (χ2n) is 2.24. The highest BCUT2D eigenvalue weighted by atomic mass is 32.2. The Labute approximate surface area is 80.6 Å². The Morgan fingerprint density at radius 2 is 2.15 bits per heavy atom. The maximum atomic E-state index is 10.9. The molecule has 0 aliphatic heterocycles. The van der Waals surface area contributed by atoms with Crippen LogP contribution in [0.2, 0.25) is 0 Å². The Morgan fingerprint density at radius 1 is 1.54 bits per heavy atom. The van der Waals surface area contributed by atoms with Crippen molar-refractivity contribution in [1.82, 2.24) is 4.72 Å². The molecule has 0 aliphatic carbocycles. The fraction of sp³-hybridized carbons (Fsp3) is 0.833. The fourth-order valence-corrected chi connectivity index (χ4v) is 2.02. The molecular weight excluding hydrogens is 212 g/mol. The van der Waals surface area contributed by atoms with Crippen molar-refractivity contribution in [2.75, 3.05) is 23.8 Å². The predicted octanol–water partition coefficient (Wildman–Crippen LogP) is -0.802. The molecule has 0 fully saturated rings. The zero-order valence-electron chi connectivity index (χ0n) is 7.32. The minimum atomic E-state index is -3.48. The monoisotopic (exact) mass is 224 g/mol. The first-order valence-electron chi connectivity index (χ1n) is 3.71. The van der Waals surface area contributed by atoms with E-state index < -0.39 is 26.6 Å². The van der Waals surface area contributed by atoms with Crippen molar-refractivity contribution in [3.05, 3.63) is 0 Å². The average Bonchev–Trinajstić information content (AvgIpc) is 2.03. The first-order chi connectivity index (χ1) is 6.02. The van der Waals surface area contributed by atoms with Crippen LogP contribution in [0.25, 0.3) is 0 Å². The van der Waals surface area contributed by atoms with E-state index in [4.69, 9.17) is 5.26 Å². The van der Waals surface area contributed by atoms with Crippen LogP contribution in [0.4, 0.5) is 0 Å². The molecule has 0 spiro atoms. The molecule has 0 radical (unpaired) electrons. The van der Waals surface area contributed by atoms with E-state index in [0.29, 0.717) is 11.5 Å². The van der Waals surface area contributed by atoms with E-state index >= 15 is 0 Å². The summed E-state index contributed by atoms with van der Waals surface area (Å²) in [5.74, 6) is 0.257. The van der Waals surface area contributed by atoms with E-state index in [1.54, 1.807) is 6.92 Å². The number of nitrogens with zero attached hydrogens (tertiary/aromatic N) is 1. The van der Waals surface area contributed by atoms with Crippen LogP contribution in [0.3, 0.4) is 0 Å². The molecule has 0 rings (SSSR count). The normalized spacial score (nSPS) is 13.5. The Hall–Kier alpha value is -0.450. The van der Waals surface area contributed by atoms with Crippen LogP contribution in [0.15, 0.2) is 0 Å². The fourth-order valence-electron chi connectivity index (χ4n) is 0.591. The molecule has 0 bridgehead atoms. The van der Waals surface area contributed by atoms with Crippen LogP contribution in [0.5, 0.6) is 0 Å². The summed E-state index contributed by atoms with van der Waals surface area (Å²) in [7, 11) is -4.46. The molecule has 0 saturated carbocycles. The Morgan fingerprint density at radius 3 is 2.62 bits per heavy atom. The molecule has 1 atom stereocenters. The van der Waals surface area contributed by atoms with Crippen molar-refractivity contribution >= 4 is 20.8 Å². The van der Waals surface area contributed by atoms with Gasteiger partial charge in [0, 0.05) is 28.9 Å². The highest BCUT2D eigenvalue weighted by Gasteiger charge is 2.08. The van der Waals surface area contributed by atoms with Crippen molar-refractivity contribution < 1.29 is 12.6 Å². The molecule has 1 unspecified atom stereocenters. The van der Waals surface area contributed by atoms with E-state index in [1.165, 1.54) is 6.07 Å². The second kappa shape index (κ2) is 6.07. The minimum Gasteiger partial charge on any atom is -0.260 e. The summed E-state index contributed by atoms with van der Waals surface area (Å²) in [5.41, 5.74) is 0. The average molecular weight is 224 g/mol. The Kier molecular flexibility index (Phi) is 5.86. The van der Waals surface area contributed by atoms with E-state index in [9.17, 15) is 12.6 Å². The third-order valence-corrected chi connectivity index (χ3v) is 3.68. The number of hydrogen-bond acceptors (Lipinski definition) is 4. The second-order valence-corrected chi connectivity index (χ2v) is 5.92. The van der Waals surface area contributed by atoms with Gasteiger partial charge in [0.25, 0.3) is 0 Å². The van der Waals surface area contributed by atoms with Crippen molar-refractivity contribution in [3.8, 4) is 6.07 Å². The van der Waals surface area contributed by atoms with Gasteiger partial charge in [-0.15, -0.1) is 0 Å². The summed E-state index contributed by atoms with van der Waals surface area (Å²) in [5, 5.41) is 8.13. The van der Waals surface area contributed by atoms with Crippen LogP contribution < -0.4 is 4.72 Å². The molecule has 5 nitrogen and oxygen atoms in total. The van der Waals surface area contributed by atoms with Crippen molar-refractivity contribution in [2.45, 2.75) is 6.92 Å². The molecule has 1 N–H and O–H groups in total. The van der Waals surface area contributed by atoms with Gasteiger partial charge in [0.05, 0.1) is 6.07 Å². The summed E-state index contributed by atoms with van der Waals surface area (Å²) >= 11 is 0. The lowest BCUT2D eigenvalue weighted by Gasteiger charge is -2.01. The zero-order valence-corrected chi connectivity index (χ0v) is 8.95. The van der Waals surface area contributed by atoms with Crippen LogP contribution in [0.1, 0.15) is 6.92 Å². The maximum Gasteiger partial charge on any atom is 0.225 e. The molecule has 0 aromatic rings. The van der Waals surface area contributed by atoms with E-state index in [2.05, 4.69) is 4.72 Å². The standard InChI is InChI=1S/C6H12N2O3S2/c1-2-12(9)5-4-8-13(10,11)6-3-7/h8H,2,4-6H2,1H3. The molecule has 0 heterocycles. The molecule has 0 amide bonds. The molecule has 0 saturated heterocycles. The molecular formula is C6H12N2O3S2. The van der Waals surface area contributed by atoms with Crippen molar-refractivity contribution in [2.24, 2.45) is 0 Å². The van der Waals surface area contributed by atoms with Gasteiger partial charge < -0.3 is 0 Å². The van der Waals surface area contributed by atoms with Gasteiger partial charge in [0.2, 0.25) is 10.0 Å². The third kappa shape index (κ3) is 6.69. The van der Waals surface area contributed by atoms with Gasteiger partial charge in [-0.2, -0.15) is 5.26 Å². The lowest BCUT2D eigenvalue weighted by molar-refractivity contribution is 0.587. The predicted molar refractivity (Wildman–Crippen MR) is 51.0 cm³/mol. The molecule has 76 valence electrons. The lowest BCUT2D eigenvalue weighted by Crippen LogP contribution is -2.29. The summed E-state index contributed by atoms with van der Waals surface area (Å²) in [4.78, 5) is 0. The van der Waals surface area contributed by atoms with Crippen LogP contribution in [-0.4, -0.2) is 36.4 Å². The molecule has 0 aromatic carbocycles. The number of rotatable bonds is 6. The number of nitriles is 1. The number of hydrogen-bond donors (Lipinski definition) is 1. The number of nitrogens with one attached hydrogen (secondary N) is 1. The van der Waals surface area contributed by atoms with Gasteiger partial charge in [-0.05, 0) is 0 Å². The topological polar surface area (TPSA) is 87.0 Å². The number of sulfonamides is 1. The van der Waals surface area contributed by atoms with E-state index in [-0.39, 0.29) is 6.54 Å². The van der Waals surface area contributed by atoms with Gasteiger partial charge in [0.1, 0.15) is 0 Å². The summed E-state index contributed by atoms with van der Waals surface area (Å²) in [6, 6.07) is 1.53. The van der Waals surface area contributed by atoms with Crippen molar-refractivity contribution in [1.29, 1.82) is 5.26 Å². The SMILES string of the molecule is CCS(=O)CCNS(=O)(=O)CC#N. The largest absolute Gasteiger partial charge is 0.260 e. The molecule has 13 heavy (non-hydrogen) atoms. The first-order valence-corrected chi connectivity index (χ1v) is 6.85. The molecule has 0 aliphatic rings. The van der Waals surface area contributed by atoms with Crippen LogP contribution in [0, 0.1) is 11.3 Å². The smallest absolute Gasteiger partial charge is 0.225 e. The van der Waals surface area contributed by atoms with Gasteiger partial charge in [0.15, 0.2) is 5.75 Å². The highest BCUT2D eigenvalue weighted by molar-refractivity contribution is 7.89. The highest BCUT2D eigenvalue weighted by Crippen LogP contribution is 1.84. The molecule has 7 heteroatoms. The Balaban J connectivity index is 3.78. The molecule has 0 aromatic heterocycles. The third-order valence-electron chi connectivity index (χ3n) is 1.23. The quantitative estimate of drug-likeness (QED) is 0.639. The first kappa shape index (κ1) is 12.6. The lowest BCUT2D eigenvalue weighted by atomic mass is 10.8. The van der Waals surface area contributed by atoms with Gasteiger partial charge in [-0.3, -0.25) is 4.21 Å². The maximum absolute atomic E-state index is 10.9. The summed E-state index contributed by atoms with van der Waals surface area (Å²) in [6.07, 6.45) is 0. The minimum absolute atomic E-state index is 0.129. The van der Waals surface area contributed by atoms with Crippen LogP contribution in [-0.2, 0) is 20.8 Å².